The summed E-state index contributed by atoms with van der Waals surface area (Å²) >= 11 is 0. The third-order valence-corrected chi connectivity index (χ3v) is 3.89. The van der Waals surface area contributed by atoms with Crippen LogP contribution in [0.15, 0.2) is 42.5 Å². The number of carbonyl (C=O) groups excluding carboxylic acids is 1. The fourth-order valence-electron chi connectivity index (χ4n) is 2.21. The largest absolute Gasteiger partial charge is 0.481 e. The maximum atomic E-state index is 12.9. The Kier molecular flexibility index (Phi) is 5.37. The molecule has 0 radical (unpaired) electrons. The number of nitrogens with one attached hydrogen (secondary N) is 1. The summed E-state index contributed by atoms with van der Waals surface area (Å²) in [5.74, 6) is 0.170. The van der Waals surface area contributed by atoms with E-state index >= 15 is 0 Å². The Bertz CT molecular complexity index is 682. The summed E-state index contributed by atoms with van der Waals surface area (Å²) in [7, 11) is 0. The normalized spacial score (nSPS) is 13.3. The molecule has 2 aromatic carbocycles. The zero-order valence-electron chi connectivity index (χ0n) is 13.9. The van der Waals surface area contributed by atoms with E-state index in [1.54, 1.807) is 19.1 Å². The number of carbonyl (C=O) groups is 1. The monoisotopic (exact) mass is 315 g/mol. The van der Waals surface area contributed by atoms with Crippen LogP contribution in [0.4, 0.5) is 4.39 Å². The minimum absolute atomic E-state index is 0.208. The lowest BCUT2D eigenvalue weighted by Crippen LogP contribution is -2.37. The summed E-state index contributed by atoms with van der Waals surface area (Å²) < 4.78 is 18.6. The Morgan fingerprint density at radius 3 is 2.30 bits per heavy atom. The molecule has 0 aliphatic rings. The molecule has 0 aliphatic heterocycles. The number of ether oxygens (including phenoxy) is 1. The highest BCUT2D eigenvalue weighted by atomic mass is 19.1. The van der Waals surface area contributed by atoms with E-state index in [9.17, 15) is 9.18 Å². The van der Waals surface area contributed by atoms with Gasteiger partial charge in [0.15, 0.2) is 6.10 Å². The van der Waals surface area contributed by atoms with E-state index in [4.69, 9.17) is 4.74 Å². The molecular weight excluding hydrogens is 293 g/mol. The van der Waals surface area contributed by atoms with Gasteiger partial charge < -0.3 is 10.1 Å². The second kappa shape index (κ2) is 7.27. The van der Waals surface area contributed by atoms with Crippen LogP contribution in [0.1, 0.15) is 36.6 Å². The second-order valence-electron chi connectivity index (χ2n) is 5.79. The van der Waals surface area contributed by atoms with Crippen molar-refractivity contribution in [3.63, 3.8) is 0 Å². The highest BCUT2D eigenvalue weighted by Gasteiger charge is 2.18. The number of hydrogen-bond acceptors (Lipinski definition) is 2. The Hall–Kier alpha value is -2.36. The summed E-state index contributed by atoms with van der Waals surface area (Å²) in [5, 5.41) is 2.88. The summed E-state index contributed by atoms with van der Waals surface area (Å²) in [4.78, 5) is 12.2. The molecule has 0 fully saturated rings. The first-order valence-corrected chi connectivity index (χ1v) is 7.66. The van der Waals surface area contributed by atoms with Crippen molar-refractivity contribution >= 4 is 5.91 Å². The molecule has 3 nitrogen and oxygen atoms in total. The average Bonchev–Trinajstić information content (AvgIpc) is 2.51. The van der Waals surface area contributed by atoms with E-state index in [1.165, 1.54) is 17.7 Å². The van der Waals surface area contributed by atoms with E-state index < -0.39 is 6.10 Å². The van der Waals surface area contributed by atoms with Crippen LogP contribution in [0.5, 0.6) is 5.75 Å². The van der Waals surface area contributed by atoms with E-state index in [-0.39, 0.29) is 17.8 Å². The van der Waals surface area contributed by atoms with E-state index in [0.29, 0.717) is 5.75 Å². The number of aryl methyl sites for hydroxylation is 2. The highest BCUT2D eigenvalue weighted by Crippen LogP contribution is 2.18. The van der Waals surface area contributed by atoms with Crippen molar-refractivity contribution in [2.75, 3.05) is 0 Å². The predicted octanol–water partition coefficient (Wildman–Crippen LogP) is 4.09. The van der Waals surface area contributed by atoms with Crippen LogP contribution in [0.3, 0.4) is 0 Å². The summed E-state index contributed by atoms with van der Waals surface area (Å²) in [6.07, 6.45) is -0.611. The lowest BCUT2D eigenvalue weighted by atomic mass is 10.1. The van der Waals surface area contributed by atoms with Gasteiger partial charge in [0.2, 0.25) is 0 Å². The summed E-state index contributed by atoms with van der Waals surface area (Å²) in [6, 6.07) is 11.6. The van der Waals surface area contributed by atoms with Gasteiger partial charge in [0, 0.05) is 0 Å². The molecule has 2 rings (SSSR count). The minimum Gasteiger partial charge on any atom is -0.481 e. The smallest absolute Gasteiger partial charge is 0.261 e. The molecule has 1 N–H and O–H groups in total. The quantitative estimate of drug-likeness (QED) is 0.902. The first-order chi connectivity index (χ1) is 10.9. The maximum Gasteiger partial charge on any atom is 0.261 e. The highest BCUT2D eigenvalue weighted by molar-refractivity contribution is 5.81. The lowest BCUT2D eigenvalue weighted by molar-refractivity contribution is -0.127. The maximum absolute atomic E-state index is 12.9. The van der Waals surface area contributed by atoms with Gasteiger partial charge >= 0.3 is 0 Å². The number of rotatable bonds is 5. The standard InChI is InChI=1S/C19H22FNO2/c1-12-5-10-18(11-13(12)2)23-15(4)19(22)21-14(3)16-6-8-17(20)9-7-16/h5-11,14-15H,1-4H3,(H,21,22)/t14-,15+/m0/s1. The third-order valence-electron chi connectivity index (χ3n) is 3.89. The SMILES string of the molecule is Cc1ccc(O[C@H](C)C(=O)N[C@@H](C)c2ccc(F)cc2)cc1C. The lowest BCUT2D eigenvalue weighted by Gasteiger charge is -2.19. The molecule has 1 amide bonds. The molecule has 122 valence electrons. The van der Waals surface area contributed by atoms with Crippen molar-refractivity contribution in [1.29, 1.82) is 0 Å². The summed E-state index contributed by atoms with van der Waals surface area (Å²) in [5.41, 5.74) is 3.15. The van der Waals surface area contributed by atoms with Crippen LogP contribution >= 0.6 is 0 Å². The molecule has 0 aromatic heterocycles. The van der Waals surface area contributed by atoms with Crippen LogP contribution in [0, 0.1) is 19.7 Å². The van der Waals surface area contributed by atoms with Crippen LogP contribution in [0.2, 0.25) is 0 Å². The van der Waals surface area contributed by atoms with Gasteiger partial charge in [-0.1, -0.05) is 18.2 Å². The second-order valence-corrected chi connectivity index (χ2v) is 5.79. The number of benzene rings is 2. The van der Waals surface area contributed by atoms with Crippen molar-refractivity contribution < 1.29 is 13.9 Å². The molecule has 2 atom stereocenters. The first kappa shape index (κ1) is 17.0. The van der Waals surface area contributed by atoms with E-state index in [1.807, 2.05) is 39.0 Å². The zero-order valence-corrected chi connectivity index (χ0v) is 13.9. The van der Waals surface area contributed by atoms with Gasteiger partial charge in [-0.2, -0.15) is 0 Å². The Balaban J connectivity index is 1.96. The third kappa shape index (κ3) is 4.55. The first-order valence-electron chi connectivity index (χ1n) is 7.66. The fraction of sp³-hybridized carbons (Fsp3) is 0.316. The van der Waals surface area contributed by atoms with Gasteiger partial charge in [0.1, 0.15) is 11.6 Å². The van der Waals surface area contributed by atoms with Crippen molar-refractivity contribution in [1.82, 2.24) is 5.32 Å². The van der Waals surface area contributed by atoms with Crippen LogP contribution in [-0.2, 0) is 4.79 Å². The van der Waals surface area contributed by atoms with Gasteiger partial charge in [0.25, 0.3) is 5.91 Å². The molecule has 2 aromatic rings. The van der Waals surface area contributed by atoms with Crippen molar-refractivity contribution in [3.05, 3.63) is 65.0 Å². The molecular formula is C19H22FNO2. The van der Waals surface area contributed by atoms with Gasteiger partial charge in [-0.3, -0.25) is 4.79 Å². The van der Waals surface area contributed by atoms with Crippen molar-refractivity contribution in [2.45, 2.75) is 39.8 Å². The van der Waals surface area contributed by atoms with E-state index in [0.717, 1.165) is 11.1 Å². The molecule has 0 spiro atoms. The van der Waals surface area contributed by atoms with Crippen LogP contribution in [-0.4, -0.2) is 12.0 Å². The van der Waals surface area contributed by atoms with Crippen LogP contribution in [0.25, 0.3) is 0 Å². The molecule has 0 saturated carbocycles. The molecule has 0 saturated heterocycles. The van der Waals surface area contributed by atoms with Gasteiger partial charge in [-0.05, 0) is 68.7 Å². The fourth-order valence-corrected chi connectivity index (χ4v) is 2.21. The molecule has 0 unspecified atom stereocenters. The minimum atomic E-state index is -0.611. The number of hydrogen-bond donors (Lipinski definition) is 1. The Morgan fingerprint density at radius 2 is 1.70 bits per heavy atom. The van der Waals surface area contributed by atoms with Gasteiger partial charge in [0.05, 0.1) is 6.04 Å². The molecule has 0 bridgehead atoms. The number of amides is 1. The Labute approximate surface area is 136 Å². The van der Waals surface area contributed by atoms with Crippen LogP contribution < -0.4 is 10.1 Å². The summed E-state index contributed by atoms with van der Waals surface area (Å²) in [6.45, 7) is 7.60. The number of halogens is 1. The average molecular weight is 315 g/mol. The van der Waals surface area contributed by atoms with Crippen molar-refractivity contribution in [3.8, 4) is 5.75 Å². The molecule has 0 heterocycles. The zero-order chi connectivity index (χ0) is 17.0. The van der Waals surface area contributed by atoms with Gasteiger partial charge in [-0.15, -0.1) is 0 Å². The predicted molar refractivity (Wildman–Crippen MR) is 89.0 cm³/mol. The Morgan fingerprint density at radius 1 is 1.04 bits per heavy atom. The molecule has 23 heavy (non-hydrogen) atoms. The molecule has 4 heteroatoms. The topological polar surface area (TPSA) is 38.3 Å². The van der Waals surface area contributed by atoms with E-state index in [2.05, 4.69) is 5.32 Å². The van der Waals surface area contributed by atoms with Crippen molar-refractivity contribution in [2.24, 2.45) is 0 Å². The van der Waals surface area contributed by atoms with Gasteiger partial charge in [-0.25, -0.2) is 4.39 Å². The molecule has 0 aliphatic carbocycles.